The molecule has 1 aromatic heterocycles. The van der Waals surface area contributed by atoms with Crippen molar-refractivity contribution in [2.24, 2.45) is 0 Å². The van der Waals surface area contributed by atoms with E-state index in [2.05, 4.69) is 14.9 Å². The van der Waals surface area contributed by atoms with Crippen molar-refractivity contribution < 1.29 is 8.42 Å². The van der Waals surface area contributed by atoms with Gasteiger partial charge in [0.25, 0.3) is 0 Å². The van der Waals surface area contributed by atoms with Crippen molar-refractivity contribution in [1.29, 1.82) is 0 Å². The Morgan fingerprint density at radius 1 is 1.00 bits per heavy atom. The first-order valence-corrected chi connectivity index (χ1v) is 9.11. The van der Waals surface area contributed by atoms with Gasteiger partial charge in [0, 0.05) is 32.4 Å². The normalized spacial score (nSPS) is 17.0. The van der Waals surface area contributed by atoms with Gasteiger partial charge in [-0.2, -0.15) is 4.31 Å². The molecule has 0 aliphatic carbocycles. The number of hydrogen-bond acceptors (Lipinski definition) is 5. The van der Waals surface area contributed by atoms with E-state index in [1.54, 1.807) is 34.8 Å². The Balaban J connectivity index is 1.76. The minimum atomic E-state index is -3.43. The van der Waals surface area contributed by atoms with Gasteiger partial charge in [-0.15, -0.1) is 0 Å². The Hall–Kier alpha value is -1.99. The predicted octanol–water partition coefficient (Wildman–Crippen LogP) is 1.69. The van der Waals surface area contributed by atoms with E-state index in [0.717, 1.165) is 24.6 Å². The molecule has 0 radical (unpaired) electrons. The molecule has 0 saturated carbocycles. The van der Waals surface area contributed by atoms with Crippen molar-refractivity contribution in [3.05, 3.63) is 48.4 Å². The maximum absolute atomic E-state index is 12.7. The van der Waals surface area contributed by atoms with Crippen LogP contribution in [0.3, 0.4) is 0 Å². The molecule has 2 aromatic rings. The van der Waals surface area contributed by atoms with E-state index in [1.807, 2.05) is 19.1 Å². The van der Waals surface area contributed by atoms with E-state index < -0.39 is 10.0 Å². The molecule has 6 nitrogen and oxygen atoms in total. The van der Waals surface area contributed by atoms with Crippen molar-refractivity contribution >= 4 is 15.8 Å². The van der Waals surface area contributed by atoms with E-state index in [4.69, 9.17) is 0 Å². The third-order valence-corrected chi connectivity index (χ3v) is 5.83. The molecule has 0 N–H and O–H groups in total. The SMILES string of the molecule is Cc1nccc(N2CCCN(S(=O)(=O)c3ccccc3)CC2)n1. The second-order valence-electron chi connectivity index (χ2n) is 5.52. The van der Waals surface area contributed by atoms with E-state index in [0.29, 0.717) is 24.5 Å². The first-order valence-electron chi connectivity index (χ1n) is 7.67. The Kier molecular flexibility index (Phi) is 4.58. The summed E-state index contributed by atoms with van der Waals surface area (Å²) in [7, 11) is -3.43. The van der Waals surface area contributed by atoms with Crippen LogP contribution in [0.15, 0.2) is 47.5 Å². The van der Waals surface area contributed by atoms with Crippen molar-refractivity contribution in [3.8, 4) is 0 Å². The van der Waals surface area contributed by atoms with Gasteiger partial charge in [-0.3, -0.25) is 0 Å². The Labute approximate surface area is 136 Å². The zero-order valence-electron chi connectivity index (χ0n) is 13.1. The molecule has 2 heterocycles. The van der Waals surface area contributed by atoms with Crippen LogP contribution < -0.4 is 4.90 Å². The van der Waals surface area contributed by atoms with Crippen LogP contribution in [0.5, 0.6) is 0 Å². The molecular formula is C16H20N4O2S. The van der Waals surface area contributed by atoms with Gasteiger partial charge in [0.05, 0.1) is 4.90 Å². The Morgan fingerprint density at radius 3 is 2.52 bits per heavy atom. The van der Waals surface area contributed by atoms with Crippen molar-refractivity contribution in [2.75, 3.05) is 31.1 Å². The van der Waals surface area contributed by atoms with Gasteiger partial charge >= 0.3 is 0 Å². The van der Waals surface area contributed by atoms with Gasteiger partial charge in [-0.25, -0.2) is 18.4 Å². The van der Waals surface area contributed by atoms with Crippen LogP contribution in [0.4, 0.5) is 5.82 Å². The Bertz CT molecular complexity index is 765. The molecule has 1 aliphatic heterocycles. The van der Waals surface area contributed by atoms with Gasteiger partial charge in [-0.05, 0) is 31.5 Å². The van der Waals surface area contributed by atoms with Crippen LogP contribution in [-0.2, 0) is 10.0 Å². The lowest BCUT2D eigenvalue weighted by Crippen LogP contribution is -2.35. The first kappa shape index (κ1) is 15.9. The lowest BCUT2D eigenvalue weighted by Gasteiger charge is -2.22. The highest BCUT2D eigenvalue weighted by atomic mass is 32.2. The highest BCUT2D eigenvalue weighted by molar-refractivity contribution is 7.89. The summed E-state index contributed by atoms with van der Waals surface area (Å²) < 4.78 is 27.0. The fourth-order valence-corrected chi connectivity index (χ4v) is 4.22. The molecule has 3 rings (SSSR count). The zero-order valence-corrected chi connectivity index (χ0v) is 13.9. The second-order valence-corrected chi connectivity index (χ2v) is 7.46. The van der Waals surface area contributed by atoms with Gasteiger partial charge in [-0.1, -0.05) is 18.2 Å². The predicted molar refractivity (Wildman–Crippen MR) is 88.8 cm³/mol. The summed E-state index contributed by atoms with van der Waals surface area (Å²) in [5.74, 6) is 1.58. The third-order valence-electron chi connectivity index (χ3n) is 3.92. The molecule has 1 aliphatic rings. The Morgan fingerprint density at radius 2 is 1.78 bits per heavy atom. The highest BCUT2D eigenvalue weighted by Gasteiger charge is 2.27. The summed E-state index contributed by atoms with van der Waals surface area (Å²) in [5.41, 5.74) is 0. The topological polar surface area (TPSA) is 66.4 Å². The van der Waals surface area contributed by atoms with Crippen molar-refractivity contribution in [3.63, 3.8) is 0 Å². The number of rotatable bonds is 3. The molecule has 0 spiro atoms. The average molecular weight is 332 g/mol. The monoisotopic (exact) mass is 332 g/mol. The standard InChI is InChI=1S/C16H20N4O2S/c1-14-17-9-8-16(18-14)19-10-5-11-20(13-12-19)23(21,22)15-6-3-2-4-7-15/h2-4,6-9H,5,10-13H2,1H3. The number of aryl methyl sites for hydroxylation is 1. The average Bonchev–Trinajstić information content (AvgIpc) is 2.82. The van der Waals surface area contributed by atoms with Crippen LogP contribution in [0.2, 0.25) is 0 Å². The summed E-state index contributed by atoms with van der Waals surface area (Å²) in [6, 6.07) is 10.5. The fourth-order valence-electron chi connectivity index (χ4n) is 2.72. The maximum Gasteiger partial charge on any atom is 0.243 e. The molecule has 0 atom stereocenters. The molecule has 1 fully saturated rings. The van der Waals surface area contributed by atoms with Gasteiger partial charge in [0.2, 0.25) is 10.0 Å². The van der Waals surface area contributed by atoms with E-state index in [9.17, 15) is 8.42 Å². The molecule has 122 valence electrons. The molecule has 0 bridgehead atoms. The largest absolute Gasteiger partial charge is 0.355 e. The number of aromatic nitrogens is 2. The summed E-state index contributed by atoms with van der Waals surface area (Å²) in [6.45, 7) is 4.26. The van der Waals surface area contributed by atoms with Gasteiger partial charge < -0.3 is 4.90 Å². The van der Waals surface area contributed by atoms with E-state index >= 15 is 0 Å². The molecule has 0 unspecified atom stereocenters. The lowest BCUT2D eigenvalue weighted by molar-refractivity contribution is 0.433. The number of hydrogen-bond donors (Lipinski definition) is 0. The number of benzene rings is 1. The van der Waals surface area contributed by atoms with Crippen LogP contribution >= 0.6 is 0 Å². The molecule has 23 heavy (non-hydrogen) atoms. The molecular weight excluding hydrogens is 312 g/mol. The fraction of sp³-hybridized carbons (Fsp3) is 0.375. The van der Waals surface area contributed by atoms with E-state index in [1.165, 1.54) is 0 Å². The lowest BCUT2D eigenvalue weighted by atomic mass is 10.4. The minimum Gasteiger partial charge on any atom is -0.355 e. The van der Waals surface area contributed by atoms with Crippen molar-refractivity contribution in [2.45, 2.75) is 18.2 Å². The third kappa shape index (κ3) is 3.51. The van der Waals surface area contributed by atoms with Crippen LogP contribution in [0.1, 0.15) is 12.2 Å². The van der Waals surface area contributed by atoms with Gasteiger partial charge in [0.1, 0.15) is 11.6 Å². The summed E-state index contributed by atoms with van der Waals surface area (Å²) in [5, 5.41) is 0. The highest BCUT2D eigenvalue weighted by Crippen LogP contribution is 2.19. The van der Waals surface area contributed by atoms with E-state index in [-0.39, 0.29) is 0 Å². The summed E-state index contributed by atoms with van der Waals surface area (Å²) >= 11 is 0. The second kappa shape index (κ2) is 6.64. The molecule has 0 amide bonds. The number of anilines is 1. The van der Waals surface area contributed by atoms with Crippen molar-refractivity contribution in [1.82, 2.24) is 14.3 Å². The van der Waals surface area contributed by atoms with Crippen LogP contribution in [-0.4, -0.2) is 48.9 Å². The minimum absolute atomic E-state index is 0.353. The maximum atomic E-state index is 12.7. The quantitative estimate of drug-likeness (QED) is 0.856. The number of sulfonamides is 1. The first-order chi connectivity index (χ1) is 11.1. The zero-order chi connectivity index (χ0) is 16.3. The molecule has 1 saturated heterocycles. The summed E-state index contributed by atoms with van der Waals surface area (Å²) in [6.07, 6.45) is 2.51. The molecule has 7 heteroatoms. The van der Waals surface area contributed by atoms with Crippen LogP contribution in [0, 0.1) is 6.92 Å². The van der Waals surface area contributed by atoms with Crippen LogP contribution in [0.25, 0.3) is 0 Å². The smallest absolute Gasteiger partial charge is 0.243 e. The van der Waals surface area contributed by atoms with Gasteiger partial charge in [0.15, 0.2) is 0 Å². The molecule has 1 aromatic carbocycles. The summed E-state index contributed by atoms with van der Waals surface area (Å²) in [4.78, 5) is 11.0. The number of nitrogens with zero attached hydrogens (tertiary/aromatic N) is 4.